The Kier molecular flexibility index (Phi) is 13.2. The van der Waals surface area contributed by atoms with Gasteiger partial charge in [0.1, 0.15) is 46.8 Å². The second-order valence-electron chi connectivity index (χ2n) is 18.2. The van der Waals surface area contributed by atoms with Gasteiger partial charge in [0.2, 0.25) is 11.8 Å². The van der Waals surface area contributed by atoms with E-state index in [2.05, 4.69) is 19.9 Å². The average molecular weight is 1040 g/mol. The molecule has 2 amide bonds. The molecule has 6 aromatic heterocycles. The molecule has 0 unspecified atom stereocenters. The average Bonchev–Trinajstić information content (AvgIpc) is 4.33. The Morgan fingerprint density at radius 3 is 1.62 bits per heavy atom. The molecule has 8 heterocycles. The van der Waals surface area contributed by atoms with Crippen LogP contribution in [0.25, 0.3) is 66.1 Å². The summed E-state index contributed by atoms with van der Waals surface area (Å²) in [5.41, 5.74) is 4.77. The Morgan fingerprint density at radius 2 is 1.08 bits per heavy atom. The predicted octanol–water partition coefficient (Wildman–Crippen LogP) is 7.63. The van der Waals surface area contributed by atoms with Crippen LogP contribution in [0.15, 0.2) is 120 Å². The summed E-state index contributed by atoms with van der Waals surface area (Å²) in [5.74, 6) is -3.35. The van der Waals surface area contributed by atoms with E-state index in [1.807, 2.05) is 6.07 Å². The van der Waals surface area contributed by atoms with Crippen molar-refractivity contribution in [2.45, 2.75) is 13.1 Å². The van der Waals surface area contributed by atoms with Gasteiger partial charge in [-0.2, -0.15) is 0 Å². The number of H-pyrrole nitrogens is 2. The summed E-state index contributed by atoms with van der Waals surface area (Å²) in [7, 11) is 3.27. The van der Waals surface area contributed by atoms with Gasteiger partial charge in [-0.1, -0.05) is 0 Å². The van der Waals surface area contributed by atoms with Gasteiger partial charge in [-0.25, -0.2) is 27.5 Å². The number of rotatable bonds is 10. The number of aromatic amines is 2. The minimum Gasteiger partial charge on any atom is -0.451 e. The lowest BCUT2D eigenvalue weighted by atomic mass is 10.0. The number of aromatic nitrogens is 8. The number of benzene rings is 4. The summed E-state index contributed by atoms with van der Waals surface area (Å²) in [5, 5.41) is 1.30. The van der Waals surface area contributed by atoms with Crippen LogP contribution in [-0.2, 0) is 46.2 Å². The topological polar surface area (TPSA) is 189 Å². The summed E-state index contributed by atoms with van der Waals surface area (Å²) in [6, 6.07) is 16.8. The summed E-state index contributed by atoms with van der Waals surface area (Å²) < 4.78 is 85.8. The summed E-state index contributed by atoms with van der Waals surface area (Å²) >= 11 is 0. The number of fused-ring (bicyclic) bond motifs is 4. The zero-order valence-corrected chi connectivity index (χ0v) is 40.8. The Hall–Kier alpha value is -9.02. The fourth-order valence-electron chi connectivity index (χ4n) is 9.54. The Labute approximate surface area is 427 Å². The first-order valence-corrected chi connectivity index (χ1v) is 24.1. The summed E-state index contributed by atoms with van der Waals surface area (Å²) in [6.45, 7) is 3.99. The molecule has 0 bridgehead atoms. The minimum atomic E-state index is -0.879. The number of hydrogen-bond donors (Lipinski definition) is 2. The van der Waals surface area contributed by atoms with Crippen LogP contribution in [0.1, 0.15) is 0 Å². The molecule has 2 N–H and O–H groups in total. The molecule has 0 saturated carbocycles. The molecular weight excluding hydrogens is 993 g/mol. The van der Waals surface area contributed by atoms with Crippen molar-refractivity contribution >= 4 is 55.7 Å². The van der Waals surface area contributed by atoms with E-state index in [-0.39, 0.29) is 59.0 Å². The molecule has 0 atom stereocenters. The van der Waals surface area contributed by atoms with E-state index in [0.29, 0.717) is 119 Å². The van der Waals surface area contributed by atoms with Crippen molar-refractivity contribution in [2.75, 3.05) is 52.6 Å². The molecule has 388 valence electrons. The van der Waals surface area contributed by atoms with Crippen molar-refractivity contribution in [3.05, 3.63) is 154 Å². The van der Waals surface area contributed by atoms with Gasteiger partial charge in [-0.15, -0.1) is 0 Å². The van der Waals surface area contributed by atoms with E-state index in [1.54, 1.807) is 88.1 Å². The molecule has 2 aliphatic rings. The normalized spacial score (nSPS) is 13.9. The van der Waals surface area contributed by atoms with Gasteiger partial charge in [0.15, 0.2) is 34.6 Å². The van der Waals surface area contributed by atoms with Crippen molar-refractivity contribution in [3.63, 3.8) is 0 Å². The molecular formula is C54H46F4N10O8. The van der Waals surface area contributed by atoms with Crippen molar-refractivity contribution in [1.82, 2.24) is 48.0 Å². The highest BCUT2D eigenvalue weighted by molar-refractivity contribution is 6.02. The predicted molar refractivity (Wildman–Crippen MR) is 272 cm³/mol. The Balaban J connectivity index is 0.000000162. The Morgan fingerprint density at radius 1 is 0.592 bits per heavy atom. The van der Waals surface area contributed by atoms with Gasteiger partial charge in [0.25, 0.3) is 11.1 Å². The lowest BCUT2D eigenvalue weighted by Gasteiger charge is -2.27. The Bertz CT molecular complexity index is 4020. The highest BCUT2D eigenvalue weighted by Gasteiger charge is 2.26. The molecule has 12 rings (SSSR count). The molecule has 0 radical (unpaired) electrons. The number of carbonyl (C=O) groups is 2. The lowest BCUT2D eigenvalue weighted by molar-refractivity contribution is -0.136. The van der Waals surface area contributed by atoms with E-state index in [0.717, 1.165) is 24.3 Å². The van der Waals surface area contributed by atoms with Crippen LogP contribution < -0.4 is 20.6 Å². The zero-order chi connectivity index (χ0) is 52.8. The third-order valence-electron chi connectivity index (χ3n) is 13.4. The molecule has 0 aliphatic carbocycles. The van der Waals surface area contributed by atoms with Crippen LogP contribution >= 0.6 is 0 Å². The van der Waals surface area contributed by atoms with Crippen molar-refractivity contribution in [3.8, 4) is 45.3 Å². The fourth-order valence-corrected chi connectivity index (χ4v) is 9.54. The van der Waals surface area contributed by atoms with E-state index in [4.69, 9.17) is 18.9 Å². The smallest absolute Gasteiger partial charge is 0.274 e. The highest BCUT2D eigenvalue weighted by atomic mass is 19.1. The van der Waals surface area contributed by atoms with Crippen LogP contribution in [0.3, 0.4) is 0 Å². The van der Waals surface area contributed by atoms with E-state index in [1.165, 1.54) is 33.9 Å². The molecule has 10 aromatic rings. The molecule has 4 aromatic carbocycles. The van der Waals surface area contributed by atoms with Gasteiger partial charge in [0.05, 0.1) is 50.1 Å². The second-order valence-corrected chi connectivity index (χ2v) is 18.2. The number of amides is 2. The quantitative estimate of drug-likeness (QED) is 0.129. The fraction of sp³-hybridized carbons (Fsp3) is 0.222. The minimum absolute atomic E-state index is 0.0188. The maximum atomic E-state index is 14.8. The van der Waals surface area contributed by atoms with E-state index in [9.17, 15) is 36.7 Å². The maximum Gasteiger partial charge on any atom is 0.274 e. The number of aryl methyl sites for hydroxylation is 2. The number of imidazole rings is 2. The van der Waals surface area contributed by atoms with Crippen molar-refractivity contribution in [2.24, 2.45) is 14.1 Å². The molecule has 2 fully saturated rings. The number of nitrogens with one attached hydrogen (secondary N) is 2. The standard InChI is InChI=1S/2C27H23F2N5O4/c1-32-13-19(17-6-7-30-24(17)27(32)36)18-3-4-21-25(26(18)38-22-5-2-16(28)12-20(22)29)31-15-34(21)14-23(35)33-8-10-37-11-9-33;1-32-13-19(17-6-7-30-24(17)27(32)36)18-3-4-21-25(26(18)38-22-5-2-16(28)12-20(22)29)34(15-31-21)14-23(35)33-8-10-37-11-9-33/h2*2-7,12-13,15,30H,8-11,14H2,1H3. The third-order valence-corrected chi connectivity index (χ3v) is 13.4. The number of morpholine rings is 2. The van der Waals surface area contributed by atoms with Gasteiger partial charge >= 0.3 is 0 Å². The van der Waals surface area contributed by atoms with Crippen LogP contribution in [0.4, 0.5) is 17.6 Å². The van der Waals surface area contributed by atoms with E-state index >= 15 is 0 Å². The van der Waals surface area contributed by atoms with Crippen molar-refractivity contribution < 1.29 is 46.1 Å². The molecule has 0 spiro atoms. The monoisotopic (exact) mass is 1040 g/mol. The third kappa shape index (κ3) is 9.32. The SMILES string of the molecule is Cn1cc(-c2ccc3c(ncn3CC(=O)N3CCOCC3)c2Oc2ccc(F)cc2F)c2cc[nH]c2c1=O.Cn1cc(-c2ccc3ncn(CC(=O)N4CCOCC4)c3c2Oc2ccc(F)cc2F)c2cc[nH]c2c1=O. The van der Waals surface area contributed by atoms with Crippen LogP contribution in [0, 0.1) is 23.3 Å². The van der Waals surface area contributed by atoms with Crippen molar-refractivity contribution in [1.29, 1.82) is 0 Å². The second kappa shape index (κ2) is 20.4. The summed E-state index contributed by atoms with van der Waals surface area (Å²) in [4.78, 5) is 69.7. The first-order chi connectivity index (χ1) is 36.8. The largest absolute Gasteiger partial charge is 0.451 e. The van der Waals surface area contributed by atoms with Crippen LogP contribution in [-0.4, -0.2) is 112 Å². The lowest BCUT2D eigenvalue weighted by Crippen LogP contribution is -2.42. The number of carbonyl (C=O) groups excluding carboxylic acids is 2. The maximum absolute atomic E-state index is 14.8. The summed E-state index contributed by atoms with van der Waals surface area (Å²) in [6.07, 6.45) is 9.75. The first kappa shape index (κ1) is 49.2. The number of nitrogens with zero attached hydrogens (tertiary/aromatic N) is 8. The molecule has 76 heavy (non-hydrogen) atoms. The molecule has 18 nitrogen and oxygen atoms in total. The van der Waals surface area contributed by atoms with Gasteiger partial charge in [-0.3, -0.25) is 19.2 Å². The number of halogens is 4. The first-order valence-electron chi connectivity index (χ1n) is 24.1. The van der Waals surface area contributed by atoms with Gasteiger partial charge in [-0.05, 0) is 60.7 Å². The van der Waals surface area contributed by atoms with Crippen LogP contribution in [0.5, 0.6) is 23.0 Å². The number of pyridine rings is 2. The van der Waals surface area contributed by atoms with Gasteiger partial charge in [0, 0.05) is 110 Å². The number of ether oxygens (including phenoxy) is 4. The zero-order valence-electron chi connectivity index (χ0n) is 40.8. The van der Waals surface area contributed by atoms with E-state index < -0.39 is 23.3 Å². The molecule has 22 heteroatoms. The molecule has 2 saturated heterocycles. The number of hydrogen-bond acceptors (Lipinski definition) is 10. The molecule has 2 aliphatic heterocycles. The highest BCUT2D eigenvalue weighted by Crippen LogP contribution is 2.44. The van der Waals surface area contributed by atoms with Crippen LogP contribution in [0.2, 0.25) is 0 Å². The van der Waals surface area contributed by atoms with Gasteiger partial charge < -0.3 is 57.0 Å².